The van der Waals surface area contributed by atoms with Crippen LogP contribution in [0.25, 0.3) is 0 Å². The number of aliphatic imine (C=N–C) groups is 1. The number of hydrogen-bond donors (Lipinski definition) is 0. The predicted octanol–water partition coefficient (Wildman–Crippen LogP) is 2.68. The van der Waals surface area contributed by atoms with E-state index in [4.69, 9.17) is 0 Å². The van der Waals surface area contributed by atoms with E-state index in [1.54, 1.807) is 6.21 Å². The molecule has 0 aromatic rings. The number of carbonyl (C=O) groups excluding carboxylic acids is 1. The first-order chi connectivity index (χ1) is 6.77. The average molecular weight is 189 g/mol. The molecule has 0 fully saturated rings. The molecular weight excluding hydrogens is 174 g/mol. The molecule has 1 rings (SSSR count). The summed E-state index contributed by atoms with van der Waals surface area (Å²) in [7, 11) is 0. The molecule has 0 saturated carbocycles. The number of hydrogen-bond acceptors (Lipinski definition) is 2. The highest BCUT2D eigenvalue weighted by atomic mass is 16.1. The third-order valence-corrected chi connectivity index (χ3v) is 2.26. The van der Waals surface area contributed by atoms with Gasteiger partial charge in [0.1, 0.15) is 0 Å². The van der Waals surface area contributed by atoms with Gasteiger partial charge in [-0.1, -0.05) is 17.7 Å². The largest absolute Gasteiger partial charge is 0.296 e. The van der Waals surface area contributed by atoms with Crippen LogP contribution in [0.4, 0.5) is 0 Å². The van der Waals surface area contributed by atoms with Gasteiger partial charge < -0.3 is 0 Å². The topological polar surface area (TPSA) is 29.4 Å². The van der Waals surface area contributed by atoms with Crippen LogP contribution in [0.2, 0.25) is 0 Å². The van der Waals surface area contributed by atoms with Crippen molar-refractivity contribution in [3.8, 4) is 0 Å². The molecule has 2 nitrogen and oxygen atoms in total. The van der Waals surface area contributed by atoms with E-state index in [2.05, 4.69) is 18.0 Å². The molecule has 14 heavy (non-hydrogen) atoms. The summed E-state index contributed by atoms with van der Waals surface area (Å²) in [6, 6.07) is 0. The van der Waals surface area contributed by atoms with Gasteiger partial charge in [-0.15, -0.1) is 0 Å². The lowest BCUT2D eigenvalue weighted by Gasteiger charge is -2.09. The summed E-state index contributed by atoms with van der Waals surface area (Å²) < 4.78 is 0. The van der Waals surface area contributed by atoms with Gasteiger partial charge in [0.25, 0.3) is 0 Å². The van der Waals surface area contributed by atoms with Crippen molar-refractivity contribution in [2.45, 2.75) is 20.3 Å². The van der Waals surface area contributed by atoms with Gasteiger partial charge in [-0.3, -0.25) is 9.79 Å². The van der Waals surface area contributed by atoms with Crippen molar-refractivity contribution in [2.75, 3.05) is 0 Å². The minimum Gasteiger partial charge on any atom is -0.296 e. The van der Waals surface area contributed by atoms with Crippen LogP contribution in [0.1, 0.15) is 20.3 Å². The Morgan fingerprint density at radius 3 is 3.00 bits per heavy atom. The molecule has 0 saturated heterocycles. The Balaban J connectivity index is 2.84. The van der Waals surface area contributed by atoms with Gasteiger partial charge in [0.2, 0.25) is 0 Å². The molecule has 1 aliphatic rings. The Morgan fingerprint density at radius 2 is 2.36 bits per heavy atom. The average Bonchev–Trinajstić information content (AvgIpc) is 2.37. The number of carbonyl (C=O) groups is 1. The maximum atomic E-state index is 10.6. The quantitative estimate of drug-likeness (QED) is 0.495. The lowest BCUT2D eigenvalue weighted by molar-refractivity contribution is -0.104. The van der Waals surface area contributed by atoms with Crippen molar-refractivity contribution >= 4 is 12.5 Å². The molecule has 0 bridgehead atoms. The van der Waals surface area contributed by atoms with E-state index in [-0.39, 0.29) is 0 Å². The highest BCUT2D eigenvalue weighted by molar-refractivity contribution is 5.82. The van der Waals surface area contributed by atoms with Crippen molar-refractivity contribution in [1.29, 1.82) is 0 Å². The maximum absolute atomic E-state index is 10.6. The van der Waals surface area contributed by atoms with Gasteiger partial charge in [-0.25, -0.2) is 0 Å². The van der Waals surface area contributed by atoms with Crippen LogP contribution in [-0.2, 0) is 4.79 Å². The highest BCUT2D eigenvalue weighted by Gasteiger charge is 2.09. The summed E-state index contributed by atoms with van der Waals surface area (Å²) in [6.45, 7) is 4.06. The van der Waals surface area contributed by atoms with Crippen molar-refractivity contribution in [2.24, 2.45) is 10.9 Å². The summed E-state index contributed by atoms with van der Waals surface area (Å²) in [4.78, 5) is 14.6. The molecule has 0 radical (unpaired) electrons. The number of nitrogens with zero attached hydrogens (tertiary/aromatic N) is 1. The number of rotatable bonds is 3. The summed E-state index contributed by atoms with van der Waals surface area (Å²) in [5, 5.41) is 0. The lowest BCUT2D eigenvalue weighted by atomic mass is 9.96. The first-order valence-corrected chi connectivity index (χ1v) is 4.77. The standard InChI is InChI=1S/C12H15NO/c1-3-4-5-11-8-12(9-14)13-7-6-10(11)2/h3-4,6-9,11H,5H2,1-2H3/b4-3-. The minimum atomic E-state index is 0.300. The van der Waals surface area contributed by atoms with E-state index < -0.39 is 0 Å². The molecular formula is C12H15NO. The van der Waals surface area contributed by atoms with Crippen LogP contribution in [0.3, 0.4) is 0 Å². The molecule has 74 valence electrons. The summed E-state index contributed by atoms with van der Waals surface area (Å²) >= 11 is 0. The van der Waals surface area contributed by atoms with Gasteiger partial charge in [0.05, 0.1) is 5.70 Å². The Morgan fingerprint density at radius 1 is 1.57 bits per heavy atom. The van der Waals surface area contributed by atoms with E-state index in [1.807, 2.05) is 25.2 Å². The molecule has 0 aromatic heterocycles. The minimum absolute atomic E-state index is 0.300. The molecule has 2 heteroatoms. The summed E-state index contributed by atoms with van der Waals surface area (Å²) in [5.41, 5.74) is 1.76. The fourth-order valence-electron chi connectivity index (χ4n) is 1.35. The smallest absolute Gasteiger partial charge is 0.168 e. The Kier molecular flexibility index (Phi) is 4.05. The van der Waals surface area contributed by atoms with Crippen LogP contribution in [0.15, 0.2) is 40.6 Å². The van der Waals surface area contributed by atoms with E-state index >= 15 is 0 Å². The van der Waals surface area contributed by atoms with Gasteiger partial charge in [-0.05, 0) is 32.4 Å². The molecule has 1 atom stereocenters. The van der Waals surface area contributed by atoms with Crippen LogP contribution >= 0.6 is 0 Å². The fraction of sp³-hybridized carbons (Fsp3) is 0.333. The van der Waals surface area contributed by atoms with Crippen LogP contribution in [-0.4, -0.2) is 12.5 Å². The Hall–Kier alpha value is -1.44. The van der Waals surface area contributed by atoms with Crippen LogP contribution < -0.4 is 0 Å². The van der Waals surface area contributed by atoms with Crippen LogP contribution in [0.5, 0.6) is 0 Å². The second kappa shape index (κ2) is 5.32. The maximum Gasteiger partial charge on any atom is 0.168 e. The molecule has 0 N–H and O–H groups in total. The molecule has 0 aliphatic carbocycles. The molecule has 0 aromatic carbocycles. The SMILES string of the molecule is C/C=C\CC1C=C(C=O)N=CC=C1C. The third kappa shape index (κ3) is 2.80. The lowest BCUT2D eigenvalue weighted by Crippen LogP contribution is -1.97. The zero-order chi connectivity index (χ0) is 10.4. The fourth-order valence-corrected chi connectivity index (χ4v) is 1.35. The van der Waals surface area contributed by atoms with Gasteiger partial charge in [-0.2, -0.15) is 0 Å². The second-order valence-corrected chi connectivity index (χ2v) is 3.31. The zero-order valence-electron chi connectivity index (χ0n) is 8.60. The normalized spacial score (nSPS) is 21.7. The predicted molar refractivity (Wildman–Crippen MR) is 59.3 cm³/mol. The molecule has 1 aliphatic heterocycles. The Bertz CT molecular complexity index is 321. The second-order valence-electron chi connectivity index (χ2n) is 3.31. The molecule has 1 unspecified atom stereocenters. The number of aldehydes is 1. The van der Waals surface area contributed by atoms with Crippen molar-refractivity contribution in [1.82, 2.24) is 0 Å². The van der Waals surface area contributed by atoms with E-state index in [0.29, 0.717) is 11.6 Å². The van der Waals surface area contributed by atoms with Crippen molar-refractivity contribution in [3.05, 3.63) is 35.6 Å². The third-order valence-electron chi connectivity index (χ3n) is 2.26. The number of allylic oxidation sites excluding steroid dienone is 6. The van der Waals surface area contributed by atoms with Crippen LogP contribution in [0, 0.1) is 5.92 Å². The zero-order valence-corrected chi connectivity index (χ0v) is 8.60. The first kappa shape index (κ1) is 10.6. The van der Waals surface area contributed by atoms with Gasteiger partial charge in [0.15, 0.2) is 6.29 Å². The molecule has 0 amide bonds. The highest BCUT2D eigenvalue weighted by Crippen LogP contribution is 2.20. The summed E-state index contributed by atoms with van der Waals surface area (Å²) in [6.07, 6.45) is 11.4. The van der Waals surface area contributed by atoms with Gasteiger partial charge >= 0.3 is 0 Å². The molecule has 1 heterocycles. The first-order valence-electron chi connectivity index (χ1n) is 4.77. The van der Waals surface area contributed by atoms with E-state index in [1.165, 1.54) is 5.57 Å². The van der Waals surface area contributed by atoms with Crippen molar-refractivity contribution in [3.63, 3.8) is 0 Å². The van der Waals surface area contributed by atoms with E-state index in [9.17, 15) is 4.79 Å². The van der Waals surface area contributed by atoms with E-state index in [0.717, 1.165) is 12.7 Å². The molecule has 0 spiro atoms. The Labute approximate surface area is 84.7 Å². The summed E-state index contributed by atoms with van der Waals surface area (Å²) in [5.74, 6) is 0.300. The van der Waals surface area contributed by atoms with Crippen molar-refractivity contribution < 1.29 is 4.79 Å². The van der Waals surface area contributed by atoms with Gasteiger partial charge in [0, 0.05) is 12.1 Å². The monoisotopic (exact) mass is 189 g/mol.